The van der Waals surface area contributed by atoms with Crippen LogP contribution in [0.4, 0.5) is 0 Å². The van der Waals surface area contributed by atoms with E-state index in [0.717, 1.165) is 5.56 Å². The van der Waals surface area contributed by atoms with Crippen LogP contribution in [0.2, 0.25) is 5.02 Å². The number of halogens is 1. The Hall–Kier alpha value is -1.54. The molecule has 0 saturated carbocycles. The minimum atomic E-state index is -0.0937. The van der Waals surface area contributed by atoms with Crippen molar-refractivity contribution in [3.05, 3.63) is 53.1 Å². The van der Waals surface area contributed by atoms with E-state index in [1.165, 1.54) is 6.08 Å². The minimum absolute atomic E-state index is 0.0937. The summed E-state index contributed by atoms with van der Waals surface area (Å²) < 4.78 is 0. The Kier molecular flexibility index (Phi) is 5.50. The number of carbonyl (C=O) groups excluding carboxylic acids is 1. The normalized spacial score (nSPS) is 11.5. The molecular weight excluding hydrogens is 234 g/mol. The van der Waals surface area contributed by atoms with Crippen LogP contribution in [0.15, 0.2) is 42.5 Å². The molecule has 1 aromatic carbocycles. The van der Waals surface area contributed by atoms with E-state index in [1.807, 2.05) is 44.2 Å². The summed E-state index contributed by atoms with van der Waals surface area (Å²) in [5.41, 5.74) is 0.933. The Bertz CT molecular complexity index is 436. The molecule has 3 heteroatoms. The van der Waals surface area contributed by atoms with Crippen molar-refractivity contribution in [3.8, 4) is 0 Å². The molecule has 90 valence electrons. The topological polar surface area (TPSA) is 29.1 Å². The van der Waals surface area contributed by atoms with Gasteiger partial charge >= 0.3 is 0 Å². The second-order valence-electron chi connectivity index (χ2n) is 3.90. The zero-order valence-corrected chi connectivity index (χ0v) is 10.7. The van der Waals surface area contributed by atoms with E-state index in [4.69, 9.17) is 11.6 Å². The third-order valence-electron chi connectivity index (χ3n) is 1.97. The first-order valence-corrected chi connectivity index (χ1v) is 5.87. The van der Waals surface area contributed by atoms with E-state index in [9.17, 15) is 4.79 Å². The van der Waals surface area contributed by atoms with Gasteiger partial charge in [0.1, 0.15) is 0 Å². The van der Waals surface area contributed by atoms with Crippen LogP contribution >= 0.6 is 11.6 Å². The number of benzene rings is 1. The zero-order chi connectivity index (χ0) is 12.7. The lowest BCUT2D eigenvalue weighted by atomic mass is 10.2. The van der Waals surface area contributed by atoms with E-state index in [1.54, 1.807) is 12.2 Å². The van der Waals surface area contributed by atoms with Gasteiger partial charge < -0.3 is 5.32 Å². The number of amides is 1. The van der Waals surface area contributed by atoms with E-state index in [0.29, 0.717) is 5.02 Å². The molecule has 0 heterocycles. The molecule has 1 amide bonds. The van der Waals surface area contributed by atoms with Gasteiger partial charge in [-0.2, -0.15) is 0 Å². The number of rotatable bonds is 4. The summed E-state index contributed by atoms with van der Waals surface area (Å²) in [6, 6.07) is 7.70. The maximum Gasteiger partial charge on any atom is 0.244 e. The summed E-state index contributed by atoms with van der Waals surface area (Å²) in [5, 5.41) is 3.47. The quantitative estimate of drug-likeness (QED) is 0.643. The molecule has 1 aromatic rings. The molecule has 0 radical (unpaired) electrons. The molecular formula is C14H16ClNO. The van der Waals surface area contributed by atoms with Crippen molar-refractivity contribution in [3.63, 3.8) is 0 Å². The van der Waals surface area contributed by atoms with Gasteiger partial charge in [-0.15, -0.1) is 0 Å². The zero-order valence-electron chi connectivity index (χ0n) is 9.98. The van der Waals surface area contributed by atoms with Gasteiger partial charge in [0.15, 0.2) is 0 Å². The fourth-order valence-electron chi connectivity index (χ4n) is 1.25. The van der Waals surface area contributed by atoms with Crippen LogP contribution < -0.4 is 5.32 Å². The lowest BCUT2D eigenvalue weighted by Gasteiger charge is -2.03. The number of hydrogen-bond donors (Lipinski definition) is 1. The summed E-state index contributed by atoms with van der Waals surface area (Å²) in [6.45, 7) is 3.84. The molecule has 0 spiro atoms. The summed E-state index contributed by atoms with van der Waals surface area (Å²) in [5.74, 6) is -0.0937. The van der Waals surface area contributed by atoms with Crippen molar-refractivity contribution in [2.75, 3.05) is 0 Å². The second-order valence-corrected chi connectivity index (χ2v) is 4.31. The van der Waals surface area contributed by atoms with Crippen molar-refractivity contribution in [1.29, 1.82) is 0 Å². The van der Waals surface area contributed by atoms with Crippen molar-refractivity contribution < 1.29 is 4.79 Å². The number of nitrogens with one attached hydrogen (secondary N) is 1. The fraction of sp³-hybridized carbons (Fsp3) is 0.214. The third kappa shape index (κ3) is 5.36. The highest BCUT2D eigenvalue weighted by Gasteiger charge is 1.96. The Labute approximate surface area is 107 Å². The molecule has 0 unspecified atom stereocenters. The summed E-state index contributed by atoms with van der Waals surface area (Å²) in [4.78, 5) is 11.3. The van der Waals surface area contributed by atoms with Crippen LogP contribution in [0, 0.1) is 0 Å². The minimum Gasteiger partial charge on any atom is -0.350 e. The van der Waals surface area contributed by atoms with Crippen LogP contribution in [0.25, 0.3) is 6.08 Å². The van der Waals surface area contributed by atoms with Crippen molar-refractivity contribution in [1.82, 2.24) is 5.32 Å². The Morgan fingerprint density at radius 1 is 1.29 bits per heavy atom. The molecule has 0 saturated heterocycles. The van der Waals surface area contributed by atoms with Gasteiger partial charge in [0.25, 0.3) is 0 Å². The van der Waals surface area contributed by atoms with Gasteiger partial charge in [-0.25, -0.2) is 0 Å². The monoisotopic (exact) mass is 249 g/mol. The molecule has 0 aliphatic rings. The number of carbonyl (C=O) groups is 1. The van der Waals surface area contributed by atoms with Crippen molar-refractivity contribution in [2.24, 2.45) is 0 Å². The standard InChI is InChI=1S/C14H16ClNO/c1-11(2)16-14(17)10-6-4-8-12-7-3-5-9-13(12)15/h3-11H,1-2H3,(H,16,17)/b8-4+,10-6+. The van der Waals surface area contributed by atoms with E-state index in [2.05, 4.69) is 5.32 Å². The van der Waals surface area contributed by atoms with Crippen LogP contribution in [-0.2, 0) is 4.79 Å². The maximum absolute atomic E-state index is 11.3. The highest BCUT2D eigenvalue weighted by atomic mass is 35.5. The molecule has 0 aromatic heterocycles. The van der Waals surface area contributed by atoms with Crippen LogP contribution in [-0.4, -0.2) is 11.9 Å². The SMILES string of the molecule is CC(C)NC(=O)/C=C/C=C/c1ccccc1Cl. The van der Waals surface area contributed by atoms with Crippen LogP contribution in [0.1, 0.15) is 19.4 Å². The number of allylic oxidation sites excluding steroid dienone is 2. The lowest BCUT2D eigenvalue weighted by molar-refractivity contribution is -0.116. The smallest absolute Gasteiger partial charge is 0.244 e. The first-order valence-electron chi connectivity index (χ1n) is 5.49. The van der Waals surface area contributed by atoms with Gasteiger partial charge in [0.2, 0.25) is 5.91 Å². The molecule has 0 fully saturated rings. The van der Waals surface area contributed by atoms with E-state index < -0.39 is 0 Å². The van der Waals surface area contributed by atoms with Gasteiger partial charge in [-0.1, -0.05) is 48.0 Å². The van der Waals surface area contributed by atoms with Gasteiger partial charge in [0, 0.05) is 17.1 Å². The number of hydrogen-bond acceptors (Lipinski definition) is 1. The average Bonchev–Trinajstić information content (AvgIpc) is 2.25. The lowest BCUT2D eigenvalue weighted by Crippen LogP contribution is -2.28. The van der Waals surface area contributed by atoms with Gasteiger partial charge in [-0.3, -0.25) is 4.79 Å². The predicted molar refractivity (Wildman–Crippen MR) is 72.9 cm³/mol. The second kappa shape index (κ2) is 6.92. The molecule has 0 bridgehead atoms. The summed E-state index contributed by atoms with van der Waals surface area (Å²) in [6.07, 6.45) is 6.84. The van der Waals surface area contributed by atoms with E-state index >= 15 is 0 Å². The van der Waals surface area contributed by atoms with Gasteiger partial charge in [-0.05, 0) is 25.5 Å². The molecule has 0 aliphatic carbocycles. The molecule has 17 heavy (non-hydrogen) atoms. The van der Waals surface area contributed by atoms with Crippen molar-refractivity contribution in [2.45, 2.75) is 19.9 Å². The van der Waals surface area contributed by atoms with E-state index in [-0.39, 0.29) is 11.9 Å². The molecule has 0 atom stereocenters. The molecule has 1 rings (SSSR count). The van der Waals surface area contributed by atoms with Crippen LogP contribution in [0.3, 0.4) is 0 Å². The third-order valence-corrected chi connectivity index (χ3v) is 2.31. The average molecular weight is 250 g/mol. The summed E-state index contributed by atoms with van der Waals surface area (Å²) >= 11 is 5.98. The summed E-state index contributed by atoms with van der Waals surface area (Å²) in [7, 11) is 0. The fourth-order valence-corrected chi connectivity index (χ4v) is 1.44. The predicted octanol–water partition coefficient (Wildman–Crippen LogP) is 3.43. The Balaban J connectivity index is 2.53. The highest BCUT2D eigenvalue weighted by molar-refractivity contribution is 6.32. The van der Waals surface area contributed by atoms with Crippen LogP contribution in [0.5, 0.6) is 0 Å². The maximum atomic E-state index is 11.3. The first-order chi connectivity index (χ1) is 8.09. The first kappa shape index (κ1) is 13.5. The van der Waals surface area contributed by atoms with Gasteiger partial charge in [0.05, 0.1) is 0 Å². The highest BCUT2D eigenvalue weighted by Crippen LogP contribution is 2.15. The largest absolute Gasteiger partial charge is 0.350 e. The Morgan fingerprint density at radius 3 is 2.65 bits per heavy atom. The van der Waals surface area contributed by atoms with Crippen molar-refractivity contribution >= 4 is 23.6 Å². The molecule has 0 aliphatic heterocycles. The Morgan fingerprint density at radius 2 is 2.00 bits per heavy atom. The molecule has 2 nitrogen and oxygen atoms in total. The molecule has 1 N–H and O–H groups in total.